The summed E-state index contributed by atoms with van der Waals surface area (Å²) < 4.78 is 59.7. The molecule has 7 heterocycles. The lowest BCUT2D eigenvalue weighted by Crippen LogP contribution is -2.60. The Balaban J connectivity index is 0.000000186. The number of nitrogens with one attached hydrogen (secondary N) is 6. The number of thiophene rings is 2. The second-order valence-electron chi connectivity index (χ2n) is 20.8. The zero-order chi connectivity index (χ0) is 57.5. The first kappa shape index (κ1) is 56.0. The van der Waals surface area contributed by atoms with E-state index in [0.29, 0.717) is 61.3 Å². The van der Waals surface area contributed by atoms with Crippen molar-refractivity contribution in [2.75, 3.05) is 32.0 Å². The van der Waals surface area contributed by atoms with E-state index in [1.165, 1.54) is 46.6 Å². The van der Waals surface area contributed by atoms with E-state index in [4.69, 9.17) is 9.97 Å². The van der Waals surface area contributed by atoms with Gasteiger partial charge in [0.1, 0.15) is 34.6 Å². The van der Waals surface area contributed by atoms with Gasteiger partial charge in [-0.3, -0.25) is 9.59 Å². The number of benzene rings is 4. The number of aryl methyl sites for hydroxylation is 2. The molecule has 3 aliphatic heterocycles. The Morgan fingerprint density at radius 2 is 1.07 bits per heavy atom. The minimum atomic E-state index is -0.899. The minimum absolute atomic E-state index is 0.0319. The van der Waals surface area contributed by atoms with Gasteiger partial charge in [0.25, 0.3) is 11.8 Å². The van der Waals surface area contributed by atoms with Crippen LogP contribution in [-0.2, 0) is 13.1 Å². The van der Waals surface area contributed by atoms with Gasteiger partial charge in [-0.2, -0.15) is 27.7 Å². The molecule has 0 saturated carbocycles. The maximum absolute atomic E-state index is 15.2. The highest BCUT2D eigenvalue weighted by atomic mass is 32.2. The summed E-state index contributed by atoms with van der Waals surface area (Å²) in [5.74, 6) is -3.66. The second-order valence-corrected chi connectivity index (χ2v) is 23.2. The number of fused-ring (bicyclic) bond motifs is 2. The second kappa shape index (κ2) is 22.7. The summed E-state index contributed by atoms with van der Waals surface area (Å²) >= 11 is 4.10. The Bertz CT molecular complexity index is 3710. The molecule has 4 aromatic carbocycles. The molecule has 0 spiro atoms. The van der Waals surface area contributed by atoms with Crippen LogP contribution in [0.5, 0.6) is 0 Å². The van der Waals surface area contributed by atoms with Crippen molar-refractivity contribution in [2.45, 2.75) is 89.7 Å². The van der Waals surface area contributed by atoms with Crippen molar-refractivity contribution in [3.05, 3.63) is 163 Å². The Labute approximate surface area is 476 Å². The minimum Gasteiger partial charge on any atom is -0.351 e. The maximum Gasteiger partial charge on any atom is 0.328 e. The van der Waals surface area contributed by atoms with E-state index in [2.05, 4.69) is 69.6 Å². The van der Waals surface area contributed by atoms with Crippen molar-refractivity contribution in [2.24, 2.45) is 0 Å². The van der Waals surface area contributed by atoms with Crippen molar-refractivity contribution in [3.63, 3.8) is 0 Å². The number of thioether (sulfide) groups is 1. The molecule has 16 nitrogen and oxygen atoms in total. The Kier molecular flexibility index (Phi) is 15.7. The summed E-state index contributed by atoms with van der Waals surface area (Å²) in [4.78, 5) is 72.2. The molecule has 23 heteroatoms. The molecule has 8 aromatic rings. The van der Waals surface area contributed by atoms with E-state index in [1.807, 2.05) is 42.8 Å². The number of hydrogen-bond donors (Lipinski definition) is 6. The van der Waals surface area contributed by atoms with E-state index in [9.17, 15) is 28.0 Å². The van der Waals surface area contributed by atoms with Gasteiger partial charge in [-0.05, 0) is 143 Å². The fraction of sp³-hybridized carbons (Fsp3) is 0.241. The van der Waals surface area contributed by atoms with Crippen molar-refractivity contribution >= 4 is 98.6 Å². The fourth-order valence-electron chi connectivity index (χ4n) is 10.4. The smallest absolute Gasteiger partial charge is 0.328 e. The zero-order valence-electron chi connectivity index (χ0n) is 44.9. The molecule has 6 amide bonds. The molecular formula is C58H54F4N12O4S3. The van der Waals surface area contributed by atoms with Gasteiger partial charge in [0.15, 0.2) is 16.8 Å². The molecule has 0 unspecified atom stereocenters. The number of rotatable bonds is 11. The summed E-state index contributed by atoms with van der Waals surface area (Å²) in [6.07, 6.45) is 3.30. The number of nitrogens with zero attached hydrogens (tertiary/aromatic N) is 6. The van der Waals surface area contributed by atoms with Crippen LogP contribution in [-0.4, -0.2) is 67.2 Å². The molecule has 1 saturated heterocycles. The lowest BCUT2D eigenvalue weighted by Gasteiger charge is -2.46. The average Bonchev–Trinajstić information content (AvgIpc) is 4.27. The van der Waals surface area contributed by atoms with Gasteiger partial charge in [0.2, 0.25) is 5.95 Å². The summed E-state index contributed by atoms with van der Waals surface area (Å²) in [6, 6.07) is 19.8. The van der Waals surface area contributed by atoms with Crippen LogP contribution < -0.4 is 41.7 Å². The number of anilines is 7. The van der Waals surface area contributed by atoms with Gasteiger partial charge in [-0.15, -0.1) is 0 Å². The first-order chi connectivity index (χ1) is 38.7. The number of carbonyl (C=O) groups excluding carboxylic acids is 4. The van der Waals surface area contributed by atoms with Crippen LogP contribution in [0.2, 0.25) is 0 Å². The van der Waals surface area contributed by atoms with Crippen LogP contribution in [0.3, 0.4) is 0 Å². The fourth-order valence-corrected chi connectivity index (χ4v) is 12.1. The van der Waals surface area contributed by atoms with Gasteiger partial charge in [0, 0.05) is 61.5 Å². The summed E-state index contributed by atoms with van der Waals surface area (Å²) in [6.45, 7) is 12.4. The number of amides is 6. The molecule has 1 fully saturated rings. The summed E-state index contributed by atoms with van der Waals surface area (Å²) in [5, 5.41) is 25.9. The topological polar surface area (TPSA) is 198 Å². The van der Waals surface area contributed by atoms with Gasteiger partial charge in [-0.25, -0.2) is 51.9 Å². The highest BCUT2D eigenvalue weighted by Gasteiger charge is 2.40. The van der Waals surface area contributed by atoms with Crippen LogP contribution in [0.15, 0.2) is 112 Å². The summed E-state index contributed by atoms with van der Waals surface area (Å²) in [7, 11) is 0. The number of para-hydroxylation sites is 2. The van der Waals surface area contributed by atoms with Crippen molar-refractivity contribution in [1.29, 1.82) is 0 Å². The number of aromatic nitrogens is 4. The Hall–Kier alpha value is -8.25. The van der Waals surface area contributed by atoms with Crippen molar-refractivity contribution in [3.8, 4) is 22.5 Å². The lowest BCUT2D eigenvalue weighted by atomic mass is 9.80. The molecule has 11 rings (SSSR count). The Morgan fingerprint density at radius 1 is 0.630 bits per heavy atom. The predicted octanol–water partition coefficient (Wildman–Crippen LogP) is 13.3. The molecule has 3 aliphatic rings. The van der Waals surface area contributed by atoms with E-state index in [1.54, 1.807) is 47.3 Å². The van der Waals surface area contributed by atoms with Gasteiger partial charge >= 0.3 is 12.1 Å². The van der Waals surface area contributed by atoms with Gasteiger partial charge in [-0.1, -0.05) is 36.0 Å². The third kappa shape index (κ3) is 11.8. The van der Waals surface area contributed by atoms with Crippen LogP contribution in [0, 0.1) is 37.1 Å². The molecule has 6 N–H and O–H groups in total. The molecule has 0 bridgehead atoms. The van der Waals surface area contributed by atoms with Crippen LogP contribution in [0.4, 0.5) is 67.5 Å². The third-order valence-electron chi connectivity index (χ3n) is 13.7. The normalized spacial score (nSPS) is 15.3. The number of urea groups is 2. The van der Waals surface area contributed by atoms with Gasteiger partial charge < -0.3 is 31.9 Å². The van der Waals surface area contributed by atoms with E-state index in [-0.39, 0.29) is 59.6 Å². The SMILES string of the molecule is CSc1nc(-c2cc(NC(=O)c3ccsc3)ccc2C)c2c(n1)N(c1c(F)cccc1F)C(=O)NC2.Cc1ccc(NC(=O)c2ccsc2)cc1-c1nc(NC2CC(C)(C)NC(C)(C)C2)nc2c1CNC(=O)N2c1c(F)cccc1F. The van der Waals surface area contributed by atoms with E-state index < -0.39 is 46.7 Å². The quantitative estimate of drug-likeness (QED) is 0.0409. The largest absolute Gasteiger partial charge is 0.351 e. The van der Waals surface area contributed by atoms with Gasteiger partial charge in [0.05, 0.1) is 35.6 Å². The molecule has 416 valence electrons. The third-order valence-corrected chi connectivity index (χ3v) is 15.6. The predicted molar refractivity (Wildman–Crippen MR) is 310 cm³/mol. The molecule has 81 heavy (non-hydrogen) atoms. The average molecular weight is 1160 g/mol. The molecule has 0 radical (unpaired) electrons. The molecular weight excluding hydrogens is 1100 g/mol. The number of hydrogen-bond acceptors (Lipinski definition) is 13. The maximum atomic E-state index is 15.2. The number of carbonyl (C=O) groups is 4. The number of piperidine rings is 1. The first-order valence-electron chi connectivity index (χ1n) is 25.5. The zero-order valence-corrected chi connectivity index (χ0v) is 47.3. The Morgan fingerprint density at radius 3 is 1.51 bits per heavy atom. The summed E-state index contributed by atoms with van der Waals surface area (Å²) in [5.41, 5.74) is 5.84. The molecule has 0 aliphatic carbocycles. The highest BCUT2D eigenvalue weighted by Crippen LogP contribution is 2.43. The van der Waals surface area contributed by atoms with Crippen molar-refractivity contribution < 1.29 is 36.7 Å². The molecule has 4 aromatic heterocycles. The van der Waals surface area contributed by atoms with Crippen LogP contribution >= 0.6 is 34.4 Å². The lowest BCUT2D eigenvalue weighted by molar-refractivity contribution is 0.101. The highest BCUT2D eigenvalue weighted by molar-refractivity contribution is 7.98. The van der Waals surface area contributed by atoms with Crippen molar-refractivity contribution in [1.82, 2.24) is 35.9 Å². The monoisotopic (exact) mass is 1150 g/mol. The van der Waals surface area contributed by atoms with E-state index >= 15 is 8.78 Å². The number of halogens is 4. The van der Waals surface area contributed by atoms with E-state index in [0.717, 1.165) is 58.0 Å². The first-order valence-corrected chi connectivity index (χ1v) is 28.6. The molecule has 0 atom stereocenters. The van der Waals surface area contributed by atoms with Crippen LogP contribution in [0.1, 0.15) is 83.5 Å². The standard InChI is InChI=1S/C33H35F2N7O2S.C25H19F2N5O2S2/c1-18-9-10-20(37-29(43)19-11-12-45-17-19)13-22(18)26-23-16-36-31(44)42(27-24(34)7-6-8-25(27)35)28(23)40-30(39-26)38-21-14-32(2,3)41-33(4,5)15-21;1-13-6-7-15(29-23(33)14-8-9-36-12-14)10-16(13)20-17-11-28-25(34)32(22(17)31-24(30-20)35-2)21-18(26)4-3-5-19(21)27/h6-13,17,21,41H,14-16H2,1-5H3,(H,36,44)(H,37,43)(H,38,39,40);3-10,12H,11H2,1-2H3,(H,28,34)(H,29,33). The van der Waals surface area contributed by atoms with Crippen LogP contribution in [0.25, 0.3) is 22.5 Å².